The Kier molecular flexibility index (Phi) is 3.81. The lowest BCUT2D eigenvalue weighted by Gasteiger charge is -2.31. The van der Waals surface area contributed by atoms with E-state index in [-0.39, 0.29) is 12.6 Å². The molecule has 0 saturated carbocycles. The third-order valence-corrected chi connectivity index (χ3v) is 3.18. The molecule has 1 aromatic rings. The van der Waals surface area contributed by atoms with Crippen molar-refractivity contribution >= 4 is 17.8 Å². The summed E-state index contributed by atoms with van der Waals surface area (Å²) in [6, 6.07) is 0. The number of hydrogen-bond acceptors (Lipinski definition) is 7. The van der Waals surface area contributed by atoms with Crippen molar-refractivity contribution in [3.8, 4) is 0 Å². The quantitative estimate of drug-likeness (QED) is 0.765. The molecule has 7 nitrogen and oxygen atoms in total. The molecule has 0 spiro atoms. The third kappa shape index (κ3) is 2.79. The summed E-state index contributed by atoms with van der Waals surface area (Å²) in [5.41, 5.74) is 5.70. The zero-order valence-electron chi connectivity index (χ0n) is 10.9. The lowest BCUT2D eigenvalue weighted by molar-refractivity contribution is 0.202. The summed E-state index contributed by atoms with van der Waals surface area (Å²) >= 11 is 0. The van der Waals surface area contributed by atoms with Crippen LogP contribution in [0.25, 0.3) is 0 Å². The van der Waals surface area contributed by atoms with Crippen molar-refractivity contribution in [2.75, 3.05) is 49.3 Å². The van der Waals surface area contributed by atoms with Crippen LogP contribution in [0.15, 0.2) is 0 Å². The molecule has 0 atom stereocenters. The van der Waals surface area contributed by atoms with Gasteiger partial charge < -0.3 is 20.6 Å². The molecule has 2 heterocycles. The van der Waals surface area contributed by atoms with Crippen molar-refractivity contribution in [3.63, 3.8) is 0 Å². The second-order valence-corrected chi connectivity index (χ2v) is 4.80. The number of hydrogen-bond donors (Lipinski definition) is 2. The number of piperidine rings is 1. The predicted octanol–water partition coefficient (Wildman–Crippen LogP) is -0.271. The van der Waals surface area contributed by atoms with E-state index in [2.05, 4.69) is 19.9 Å². The summed E-state index contributed by atoms with van der Waals surface area (Å²) in [4.78, 5) is 16.6. The lowest BCUT2D eigenvalue weighted by atomic mass is 9.98. The average molecular weight is 252 g/mol. The third-order valence-electron chi connectivity index (χ3n) is 3.18. The molecular weight excluding hydrogens is 232 g/mol. The van der Waals surface area contributed by atoms with E-state index in [1.165, 1.54) is 0 Å². The van der Waals surface area contributed by atoms with Crippen molar-refractivity contribution in [2.45, 2.75) is 12.8 Å². The Balaban J connectivity index is 2.13. The summed E-state index contributed by atoms with van der Waals surface area (Å²) in [7, 11) is 3.74. The molecule has 2 rings (SSSR count). The summed E-state index contributed by atoms with van der Waals surface area (Å²) < 4.78 is 0. The Morgan fingerprint density at radius 3 is 2.50 bits per heavy atom. The Bertz CT molecular complexity index is 403. The molecule has 1 aliphatic rings. The number of nitrogens with two attached hydrogens (primary N) is 1. The highest BCUT2D eigenvalue weighted by Gasteiger charge is 2.21. The Morgan fingerprint density at radius 2 is 1.94 bits per heavy atom. The maximum Gasteiger partial charge on any atom is 0.231 e. The number of aliphatic hydroxyl groups is 1. The Labute approximate surface area is 107 Å². The zero-order chi connectivity index (χ0) is 13.1. The smallest absolute Gasteiger partial charge is 0.231 e. The van der Waals surface area contributed by atoms with E-state index < -0.39 is 0 Å². The van der Waals surface area contributed by atoms with Crippen LogP contribution in [0.2, 0.25) is 0 Å². The first-order chi connectivity index (χ1) is 8.60. The second kappa shape index (κ2) is 5.34. The highest BCUT2D eigenvalue weighted by atomic mass is 16.3. The number of aromatic nitrogens is 3. The van der Waals surface area contributed by atoms with Crippen molar-refractivity contribution in [2.24, 2.45) is 5.92 Å². The minimum atomic E-state index is 0.244. The van der Waals surface area contributed by atoms with E-state index in [4.69, 9.17) is 10.8 Å². The fraction of sp³-hybridized carbons (Fsp3) is 0.727. The molecule has 0 bridgehead atoms. The molecule has 1 saturated heterocycles. The molecule has 0 aromatic carbocycles. The van der Waals surface area contributed by atoms with Gasteiger partial charge in [-0.1, -0.05) is 0 Å². The lowest BCUT2D eigenvalue weighted by Crippen LogP contribution is -2.36. The SMILES string of the molecule is CN(C)c1nc(N)nc(N2CCC(CO)CC2)n1. The van der Waals surface area contributed by atoms with E-state index in [0.717, 1.165) is 25.9 Å². The van der Waals surface area contributed by atoms with Crippen LogP contribution in [0.4, 0.5) is 17.8 Å². The molecule has 100 valence electrons. The van der Waals surface area contributed by atoms with Gasteiger partial charge in [-0.05, 0) is 18.8 Å². The maximum atomic E-state index is 9.12. The first-order valence-corrected chi connectivity index (χ1v) is 6.15. The Morgan fingerprint density at radius 1 is 1.28 bits per heavy atom. The van der Waals surface area contributed by atoms with Gasteiger partial charge in [-0.3, -0.25) is 0 Å². The molecule has 7 heteroatoms. The topological polar surface area (TPSA) is 91.4 Å². The van der Waals surface area contributed by atoms with Crippen LogP contribution in [0.1, 0.15) is 12.8 Å². The van der Waals surface area contributed by atoms with Crippen molar-refractivity contribution in [1.82, 2.24) is 15.0 Å². The summed E-state index contributed by atoms with van der Waals surface area (Å²) in [6.45, 7) is 1.96. The molecule has 18 heavy (non-hydrogen) atoms. The molecule has 0 unspecified atom stereocenters. The van der Waals surface area contributed by atoms with Crippen molar-refractivity contribution in [3.05, 3.63) is 0 Å². The first kappa shape index (κ1) is 12.8. The molecule has 1 aliphatic heterocycles. The summed E-state index contributed by atoms with van der Waals surface area (Å²) in [5.74, 6) is 1.84. The first-order valence-electron chi connectivity index (χ1n) is 6.15. The predicted molar refractivity (Wildman–Crippen MR) is 70.6 cm³/mol. The molecule has 3 N–H and O–H groups in total. The van der Waals surface area contributed by atoms with Gasteiger partial charge in [0.1, 0.15) is 0 Å². The van der Waals surface area contributed by atoms with Crippen LogP contribution in [0.3, 0.4) is 0 Å². The van der Waals surface area contributed by atoms with Crippen molar-refractivity contribution in [1.29, 1.82) is 0 Å². The van der Waals surface area contributed by atoms with Gasteiger partial charge in [0, 0.05) is 33.8 Å². The van der Waals surface area contributed by atoms with Crippen LogP contribution in [0.5, 0.6) is 0 Å². The van der Waals surface area contributed by atoms with Crippen LogP contribution in [0, 0.1) is 5.92 Å². The molecule has 0 aliphatic carbocycles. The minimum absolute atomic E-state index is 0.244. The minimum Gasteiger partial charge on any atom is -0.396 e. The van der Waals surface area contributed by atoms with E-state index in [0.29, 0.717) is 17.8 Å². The van der Waals surface area contributed by atoms with E-state index in [1.807, 2.05) is 19.0 Å². The van der Waals surface area contributed by atoms with Gasteiger partial charge in [-0.2, -0.15) is 15.0 Å². The highest BCUT2D eigenvalue weighted by Crippen LogP contribution is 2.21. The fourth-order valence-corrected chi connectivity index (χ4v) is 2.03. The van der Waals surface area contributed by atoms with E-state index in [9.17, 15) is 0 Å². The van der Waals surface area contributed by atoms with E-state index >= 15 is 0 Å². The monoisotopic (exact) mass is 252 g/mol. The zero-order valence-corrected chi connectivity index (χ0v) is 10.9. The number of aliphatic hydroxyl groups excluding tert-OH is 1. The normalized spacial score (nSPS) is 16.9. The van der Waals surface area contributed by atoms with E-state index in [1.54, 1.807) is 0 Å². The maximum absolute atomic E-state index is 9.12. The standard InChI is InChI=1S/C11H20N6O/c1-16(2)10-13-9(12)14-11(15-10)17-5-3-8(7-18)4-6-17/h8,18H,3-7H2,1-2H3,(H2,12,13,14,15). The van der Waals surface area contributed by atoms with Crippen LogP contribution < -0.4 is 15.5 Å². The van der Waals surface area contributed by atoms with Crippen LogP contribution in [-0.4, -0.2) is 53.9 Å². The van der Waals surface area contributed by atoms with Crippen molar-refractivity contribution < 1.29 is 5.11 Å². The van der Waals surface area contributed by atoms with Crippen LogP contribution >= 0.6 is 0 Å². The number of rotatable bonds is 3. The van der Waals surface area contributed by atoms with Gasteiger partial charge in [0.2, 0.25) is 17.8 Å². The molecule has 1 aromatic heterocycles. The number of anilines is 3. The van der Waals surface area contributed by atoms with Gasteiger partial charge >= 0.3 is 0 Å². The second-order valence-electron chi connectivity index (χ2n) is 4.80. The summed E-state index contributed by atoms with van der Waals surface area (Å²) in [5, 5.41) is 9.12. The largest absolute Gasteiger partial charge is 0.396 e. The Hall–Kier alpha value is -1.63. The highest BCUT2D eigenvalue weighted by molar-refractivity contribution is 5.42. The van der Waals surface area contributed by atoms with Gasteiger partial charge in [-0.25, -0.2) is 0 Å². The molecular formula is C11H20N6O. The van der Waals surface area contributed by atoms with Gasteiger partial charge in [0.15, 0.2) is 0 Å². The number of nitrogen functional groups attached to an aromatic ring is 1. The summed E-state index contributed by atoms with van der Waals surface area (Å²) in [6.07, 6.45) is 1.92. The van der Waals surface area contributed by atoms with Gasteiger partial charge in [0.05, 0.1) is 0 Å². The van der Waals surface area contributed by atoms with Crippen LogP contribution in [-0.2, 0) is 0 Å². The van der Waals surface area contributed by atoms with Gasteiger partial charge in [-0.15, -0.1) is 0 Å². The molecule has 1 fully saturated rings. The fourth-order valence-electron chi connectivity index (χ4n) is 2.03. The number of nitrogens with zero attached hydrogens (tertiary/aromatic N) is 5. The van der Waals surface area contributed by atoms with Gasteiger partial charge in [0.25, 0.3) is 0 Å². The molecule has 0 amide bonds. The molecule has 0 radical (unpaired) electrons. The average Bonchev–Trinajstić information content (AvgIpc) is 2.38.